The van der Waals surface area contributed by atoms with Crippen LogP contribution >= 0.6 is 11.6 Å². The van der Waals surface area contributed by atoms with Crippen LogP contribution in [0, 0.1) is 12.8 Å². The van der Waals surface area contributed by atoms with Crippen LogP contribution in [0.25, 0.3) is 0 Å². The van der Waals surface area contributed by atoms with Gasteiger partial charge in [0, 0.05) is 17.3 Å². The molecule has 0 aromatic heterocycles. The minimum Gasteiger partial charge on any atom is -0.326 e. The van der Waals surface area contributed by atoms with E-state index in [0.29, 0.717) is 5.02 Å². The molecule has 0 aliphatic carbocycles. The van der Waals surface area contributed by atoms with Gasteiger partial charge in [-0.15, -0.1) is 0 Å². The van der Waals surface area contributed by atoms with Gasteiger partial charge in [-0.2, -0.15) is 0 Å². The highest BCUT2D eigenvalue weighted by molar-refractivity contribution is 6.31. The van der Waals surface area contributed by atoms with Crippen LogP contribution in [0.3, 0.4) is 0 Å². The first kappa shape index (κ1) is 12.4. The fourth-order valence-electron chi connectivity index (χ4n) is 2.13. The molecule has 1 unspecified atom stereocenters. The number of rotatable bonds is 2. The van der Waals surface area contributed by atoms with Crippen LogP contribution < -0.4 is 5.32 Å². The summed E-state index contributed by atoms with van der Waals surface area (Å²) >= 11 is 6.02. The van der Waals surface area contributed by atoms with Crippen molar-refractivity contribution in [1.29, 1.82) is 0 Å². The second kappa shape index (κ2) is 5.07. The highest BCUT2D eigenvalue weighted by atomic mass is 35.5. The fourth-order valence-corrected chi connectivity index (χ4v) is 2.30. The number of nitrogens with one attached hydrogen (secondary N) is 1. The number of hydrogen-bond donors (Lipinski definition) is 1. The maximum Gasteiger partial charge on any atom is 0.228 e. The van der Waals surface area contributed by atoms with E-state index < -0.39 is 0 Å². The molecule has 3 nitrogen and oxygen atoms in total. The number of carbonyl (C=O) groups excluding carboxylic acids is 1. The summed E-state index contributed by atoms with van der Waals surface area (Å²) in [7, 11) is 2.04. The van der Waals surface area contributed by atoms with Crippen molar-refractivity contribution in [2.24, 2.45) is 5.92 Å². The van der Waals surface area contributed by atoms with Gasteiger partial charge < -0.3 is 10.2 Å². The molecule has 17 heavy (non-hydrogen) atoms. The van der Waals surface area contributed by atoms with Crippen LogP contribution in [0.1, 0.15) is 12.0 Å². The maximum atomic E-state index is 12.0. The van der Waals surface area contributed by atoms with E-state index in [1.54, 1.807) is 0 Å². The Morgan fingerprint density at radius 2 is 2.29 bits per heavy atom. The van der Waals surface area contributed by atoms with Crippen LogP contribution in [-0.2, 0) is 4.79 Å². The van der Waals surface area contributed by atoms with Crippen LogP contribution in [0.15, 0.2) is 18.2 Å². The molecule has 2 rings (SSSR count). The van der Waals surface area contributed by atoms with E-state index in [1.807, 2.05) is 32.2 Å². The summed E-state index contributed by atoms with van der Waals surface area (Å²) < 4.78 is 0. The van der Waals surface area contributed by atoms with E-state index in [0.717, 1.165) is 30.8 Å². The van der Waals surface area contributed by atoms with Crippen LogP contribution in [0.4, 0.5) is 5.69 Å². The Morgan fingerprint density at radius 3 is 2.94 bits per heavy atom. The van der Waals surface area contributed by atoms with Crippen LogP contribution in [-0.4, -0.2) is 30.9 Å². The zero-order chi connectivity index (χ0) is 12.4. The smallest absolute Gasteiger partial charge is 0.228 e. The van der Waals surface area contributed by atoms with E-state index in [4.69, 9.17) is 11.6 Å². The lowest BCUT2D eigenvalue weighted by molar-refractivity contribution is -0.119. The molecule has 1 saturated heterocycles. The SMILES string of the molecule is Cc1c(Cl)cccc1NC(=O)C1CCN(C)C1. The molecule has 1 atom stereocenters. The lowest BCUT2D eigenvalue weighted by Crippen LogP contribution is -2.25. The third-order valence-corrected chi connectivity index (χ3v) is 3.70. The Balaban J connectivity index is 2.06. The Hall–Kier alpha value is -1.06. The predicted molar refractivity (Wildman–Crippen MR) is 70.4 cm³/mol. The third-order valence-electron chi connectivity index (χ3n) is 3.29. The molecular formula is C13H17ClN2O. The quantitative estimate of drug-likeness (QED) is 0.877. The van der Waals surface area contributed by atoms with Gasteiger partial charge in [-0.05, 0) is 44.6 Å². The molecule has 1 aromatic carbocycles. The molecule has 0 radical (unpaired) electrons. The number of amides is 1. The molecule has 4 heteroatoms. The van der Waals surface area contributed by atoms with Crippen LogP contribution in [0.5, 0.6) is 0 Å². The zero-order valence-electron chi connectivity index (χ0n) is 10.2. The van der Waals surface area contributed by atoms with E-state index in [9.17, 15) is 4.79 Å². The van der Waals surface area contributed by atoms with E-state index >= 15 is 0 Å². The Bertz CT molecular complexity index is 433. The highest BCUT2D eigenvalue weighted by Crippen LogP contribution is 2.24. The minimum absolute atomic E-state index is 0.0957. The molecule has 1 aromatic rings. The summed E-state index contributed by atoms with van der Waals surface area (Å²) in [6.45, 7) is 3.75. The topological polar surface area (TPSA) is 32.3 Å². The zero-order valence-corrected chi connectivity index (χ0v) is 10.9. The molecular weight excluding hydrogens is 236 g/mol. The lowest BCUT2D eigenvalue weighted by Gasteiger charge is -2.13. The van der Waals surface area contributed by atoms with Crippen molar-refractivity contribution >= 4 is 23.2 Å². The van der Waals surface area contributed by atoms with Crippen molar-refractivity contribution < 1.29 is 4.79 Å². The summed E-state index contributed by atoms with van der Waals surface area (Å²) in [5.74, 6) is 0.193. The van der Waals surface area contributed by atoms with Crippen molar-refractivity contribution in [3.05, 3.63) is 28.8 Å². The average Bonchev–Trinajstić information content (AvgIpc) is 2.72. The van der Waals surface area contributed by atoms with Crippen LogP contribution in [0.2, 0.25) is 5.02 Å². The molecule has 1 fully saturated rings. The standard InChI is InChI=1S/C13H17ClN2O/c1-9-11(14)4-3-5-12(9)15-13(17)10-6-7-16(2)8-10/h3-5,10H,6-8H2,1-2H3,(H,15,17). The molecule has 1 aliphatic heterocycles. The lowest BCUT2D eigenvalue weighted by atomic mass is 10.1. The van der Waals surface area contributed by atoms with Crippen molar-refractivity contribution in [1.82, 2.24) is 4.90 Å². The van der Waals surface area contributed by atoms with Crippen molar-refractivity contribution in [2.45, 2.75) is 13.3 Å². The van der Waals surface area contributed by atoms with Crippen molar-refractivity contribution in [3.8, 4) is 0 Å². The molecule has 0 bridgehead atoms. The van der Waals surface area contributed by atoms with E-state index in [1.165, 1.54) is 0 Å². The molecule has 1 amide bonds. The Labute approximate surface area is 107 Å². The summed E-state index contributed by atoms with van der Waals surface area (Å²) in [6.07, 6.45) is 0.932. The summed E-state index contributed by atoms with van der Waals surface area (Å²) in [5.41, 5.74) is 1.74. The van der Waals surface area contributed by atoms with Crippen molar-refractivity contribution in [3.63, 3.8) is 0 Å². The van der Waals surface area contributed by atoms with Gasteiger partial charge in [0.2, 0.25) is 5.91 Å². The molecule has 0 spiro atoms. The largest absolute Gasteiger partial charge is 0.326 e. The van der Waals surface area contributed by atoms with Gasteiger partial charge in [-0.3, -0.25) is 4.79 Å². The molecule has 0 saturated carbocycles. The average molecular weight is 253 g/mol. The number of nitrogens with zero attached hydrogens (tertiary/aromatic N) is 1. The monoisotopic (exact) mass is 252 g/mol. The second-order valence-electron chi connectivity index (χ2n) is 4.65. The highest BCUT2D eigenvalue weighted by Gasteiger charge is 2.26. The van der Waals surface area contributed by atoms with Gasteiger partial charge in [0.1, 0.15) is 0 Å². The van der Waals surface area contributed by atoms with Gasteiger partial charge in [-0.1, -0.05) is 17.7 Å². The maximum absolute atomic E-state index is 12.0. The minimum atomic E-state index is 0.0957. The fraction of sp³-hybridized carbons (Fsp3) is 0.462. The van der Waals surface area contributed by atoms with Crippen molar-refractivity contribution in [2.75, 3.05) is 25.5 Å². The second-order valence-corrected chi connectivity index (χ2v) is 5.06. The summed E-state index contributed by atoms with van der Waals surface area (Å²) in [6, 6.07) is 5.57. The third kappa shape index (κ3) is 2.79. The van der Waals surface area contributed by atoms with Gasteiger partial charge >= 0.3 is 0 Å². The first-order valence-electron chi connectivity index (χ1n) is 5.82. The first-order valence-corrected chi connectivity index (χ1v) is 6.20. The van der Waals surface area contributed by atoms with Gasteiger partial charge in [0.25, 0.3) is 0 Å². The molecule has 92 valence electrons. The first-order chi connectivity index (χ1) is 8.08. The van der Waals surface area contributed by atoms with E-state index in [-0.39, 0.29) is 11.8 Å². The number of likely N-dealkylation sites (tertiary alicyclic amines) is 1. The Morgan fingerprint density at radius 1 is 1.53 bits per heavy atom. The summed E-state index contributed by atoms with van der Waals surface area (Å²) in [5, 5.41) is 3.65. The number of hydrogen-bond acceptors (Lipinski definition) is 2. The summed E-state index contributed by atoms with van der Waals surface area (Å²) in [4.78, 5) is 14.2. The van der Waals surface area contributed by atoms with Gasteiger partial charge in [0.15, 0.2) is 0 Å². The Kier molecular flexibility index (Phi) is 3.69. The number of benzene rings is 1. The predicted octanol–water partition coefficient (Wildman–Crippen LogP) is 2.54. The number of anilines is 1. The normalized spacial score (nSPS) is 20.5. The molecule has 1 heterocycles. The van der Waals surface area contributed by atoms with E-state index in [2.05, 4.69) is 10.2 Å². The van der Waals surface area contributed by atoms with Gasteiger partial charge in [0.05, 0.1) is 5.92 Å². The molecule has 1 N–H and O–H groups in total. The van der Waals surface area contributed by atoms with Gasteiger partial charge in [-0.25, -0.2) is 0 Å². The number of carbonyl (C=O) groups is 1. The number of halogens is 1. The molecule has 1 aliphatic rings.